The maximum absolute atomic E-state index is 11.2. The number of nitriles is 1. The molecule has 194 valence electrons. The zero-order valence-corrected chi connectivity index (χ0v) is 19.8. The minimum Gasteiger partial charge on any atom is -0.480 e. The Labute approximate surface area is 212 Å². The molecule has 37 heavy (non-hydrogen) atoms. The summed E-state index contributed by atoms with van der Waals surface area (Å²) >= 11 is 0. The van der Waals surface area contributed by atoms with E-state index in [4.69, 9.17) is 26.6 Å². The molecule has 5 atom stereocenters. The molecule has 1 aliphatic heterocycles. The average Bonchev–Trinajstić information content (AvgIpc) is 3.44. The molecular formula is C24H28N8O5. The fourth-order valence-corrected chi connectivity index (χ4v) is 4.13. The molecule has 1 aliphatic rings. The summed E-state index contributed by atoms with van der Waals surface area (Å²) < 4.78 is 7.53. The van der Waals surface area contributed by atoms with Crippen LogP contribution in [0.2, 0.25) is 0 Å². The number of nitrogens with zero attached hydrogens (tertiary/aromatic N) is 6. The highest BCUT2D eigenvalue weighted by Crippen LogP contribution is 2.32. The highest BCUT2D eigenvalue weighted by molar-refractivity contribution is 5.81. The molecule has 1 saturated heterocycles. The first-order chi connectivity index (χ1) is 17.8. The van der Waals surface area contributed by atoms with Crippen LogP contribution in [0, 0.1) is 11.3 Å². The third-order valence-corrected chi connectivity index (χ3v) is 6.22. The number of hydrogen-bond acceptors (Lipinski definition) is 11. The van der Waals surface area contributed by atoms with Crippen molar-refractivity contribution in [2.45, 2.75) is 37.0 Å². The average molecular weight is 509 g/mol. The van der Waals surface area contributed by atoms with Gasteiger partial charge in [0.05, 0.1) is 18.0 Å². The van der Waals surface area contributed by atoms with Crippen LogP contribution in [-0.4, -0.2) is 89.7 Å². The van der Waals surface area contributed by atoms with E-state index >= 15 is 0 Å². The van der Waals surface area contributed by atoms with Gasteiger partial charge in [-0.3, -0.25) is 14.3 Å². The van der Waals surface area contributed by atoms with Gasteiger partial charge in [-0.25, -0.2) is 15.0 Å². The summed E-state index contributed by atoms with van der Waals surface area (Å²) in [6.45, 7) is 0.913. The van der Waals surface area contributed by atoms with Crippen molar-refractivity contribution < 1.29 is 24.9 Å². The number of hydrogen-bond donors (Lipinski definition) is 5. The predicted molar refractivity (Wildman–Crippen MR) is 133 cm³/mol. The highest BCUT2D eigenvalue weighted by Gasteiger charge is 2.44. The number of aromatic nitrogens is 4. The lowest BCUT2D eigenvalue weighted by atomic mass is 10.1. The summed E-state index contributed by atoms with van der Waals surface area (Å²) in [6.07, 6.45) is 2.38. The molecule has 0 saturated carbocycles. The molecule has 13 heteroatoms. The number of benzene rings is 1. The molecule has 0 bridgehead atoms. The minimum atomic E-state index is -1.27. The summed E-state index contributed by atoms with van der Waals surface area (Å²) in [5.41, 5.74) is 13.7. The van der Waals surface area contributed by atoms with Crippen LogP contribution < -0.4 is 11.5 Å². The van der Waals surface area contributed by atoms with Gasteiger partial charge in [-0.1, -0.05) is 24.3 Å². The second-order valence-electron chi connectivity index (χ2n) is 8.76. The summed E-state index contributed by atoms with van der Waals surface area (Å²) in [4.78, 5) is 25.3. The van der Waals surface area contributed by atoms with Gasteiger partial charge >= 0.3 is 5.97 Å². The number of anilines is 1. The van der Waals surface area contributed by atoms with Gasteiger partial charge in [-0.05, 0) is 24.1 Å². The Bertz CT molecular complexity index is 1300. The van der Waals surface area contributed by atoms with Gasteiger partial charge in [0.25, 0.3) is 0 Å². The van der Waals surface area contributed by atoms with Crippen LogP contribution in [0.1, 0.15) is 23.8 Å². The number of aliphatic hydroxyl groups is 2. The molecule has 0 radical (unpaired) electrons. The first-order valence-electron chi connectivity index (χ1n) is 11.6. The monoisotopic (exact) mass is 508 g/mol. The van der Waals surface area contributed by atoms with E-state index < -0.39 is 36.6 Å². The number of carbonyl (C=O) groups is 1. The van der Waals surface area contributed by atoms with E-state index in [2.05, 4.69) is 21.0 Å². The van der Waals surface area contributed by atoms with Crippen molar-refractivity contribution in [3.8, 4) is 6.07 Å². The predicted octanol–water partition coefficient (Wildman–Crippen LogP) is -0.283. The number of nitrogen functional groups attached to an aromatic ring is 1. The Kier molecular flexibility index (Phi) is 8.07. The van der Waals surface area contributed by atoms with Crippen molar-refractivity contribution >= 4 is 29.0 Å². The summed E-state index contributed by atoms with van der Waals surface area (Å²) in [7, 11) is 0. The van der Waals surface area contributed by atoms with Crippen molar-refractivity contribution in [2.75, 3.05) is 25.4 Å². The van der Waals surface area contributed by atoms with Crippen molar-refractivity contribution in [3.05, 3.63) is 54.1 Å². The first kappa shape index (κ1) is 26.1. The molecule has 2 aromatic heterocycles. The third kappa shape index (κ3) is 5.91. The van der Waals surface area contributed by atoms with Crippen molar-refractivity contribution in [3.63, 3.8) is 0 Å². The highest BCUT2D eigenvalue weighted by atomic mass is 16.6. The minimum absolute atomic E-state index is 0.178. The van der Waals surface area contributed by atoms with Crippen molar-refractivity contribution in [2.24, 2.45) is 5.73 Å². The number of imidazole rings is 1. The van der Waals surface area contributed by atoms with E-state index in [9.17, 15) is 15.0 Å². The molecule has 0 amide bonds. The molecule has 0 aliphatic carbocycles. The number of rotatable bonds is 10. The Morgan fingerprint density at radius 3 is 2.70 bits per heavy atom. The Morgan fingerprint density at radius 2 is 2.00 bits per heavy atom. The third-order valence-electron chi connectivity index (χ3n) is 6.22. The molecule has 3 aromatic rings. The van der Waals surface area contributed by atoms with Crippen LogP contribution in [-0.2, 0) is 9.53 Å². The van der Waals surface area contributed by atoms with Gasteiger partial charge in [0, 0.05) is 19.6 Å². The van der Waals surface area contributed by atoms with E-state index in [0.29, 0.717) is 29.8 Å². The van der Waals surface area contributed by atoms with E-state index in [1.54, 1.807) is 12.1 Å². The summed E-state index contributed by atoms with van der Waals surface area (Å²) in [6, 6.07) is 8.09. The summed E-state index contributed by atoms with van der Waals surface area (Å²) in [5.74, 6) is -0.919. The standard InChI is InChI=1S/C24H28N8O5/c25-10-15-5-3-14(4-6-15)2-1-8-31(9-7-16(26)24(35)36)11-17-19(33)20(34)23(37-17)32-13-30-18-21(27)28-12-29-22(18)32/h1-6,12-13,16-17,19-20,23,33-34H,7-9,11,26H2,(H,35,36)(H2,27,28,29)/b2-1+/t16-,17+,19+,20+,23+/m0/s1. The van der Waals surface area contributed by atoms with E-state index in [0.717, 1.165) is 5.56 Å². The quantitative estimate of drug-likeness (QED) is 0.239. The number of ether oxygens (including phenoxy) is 1. The van der Waals surface area contributed by atoms with Gasteiger partial charge in [0.1, 0.15) is 36.2 Å². The van der Waals surface area contributed by atoms with E-state index in [1.165, 1.54) is 17.2 Å². The SMILES string of the molecule is N#Cc1ccc(/C=C/CN(CC[C@H](N)C(=O)O)C[C@H]2O[C@@H](n3cnc4c(N)ncnc43)[C@H](O)[C@@H]2O)cc1. The normalized spacial score (nSPS) is 22.6. The molecule has 1 fully saturated rings. The van der Waals surface area contributed by atoms with E-state index in [1.807, 2.05) is 29.2 Å². The number of aliphatic hydroxyl groups excluding tert-OH is 2. The molecule has 0 spiro atoms. The smallest absolute Gasteiger partial charge is 0.320 e. The molecule has 4 rings (SSSR count). The number of carboxylic acids is 1. The van der Waals surface area contributed by atoms with Gasteiger partial charge in [0.2, 0.25) is 0 Å². The molecular weight excluding hydrogens is 480 g/mol. The first-order valence-corrected chi connectivity index (χ1v) is 11.6. The molecule has 0 unspecified atom stereocenters. The lowest BCUT2D eigenvalue weighted by Gasteiger charge is -2.26. The number of fused-ring (bicyclic) bond motifs is 1. The maximum atomic E-state index is 11.2. The number of carboxylic acid groups (broad SMARTS) is 1. The number of aliphatic carboxylic acids is 1. The Hall–Kier alpha value is -3.93. The Balaban J connectivity index is 1.47. The fraction of sp³-hybridized carbons (Fsp3) is 0.375. The van der Waals surface area contributed by atoms with Gasteiger partial charge in [0.15, 0.2) is 17.7 Å². The zero-order valence-electron chi connectivity index (χ0n) is 19.8. The van der Waals surface area contributed by atoms with Crippen LogP contribution in [0.5, 0.6) is 0 Å². The lowest BCUT2D eigenvalue weighted by Crippen LogP contribution is -2.42. The largest absolute Gasteiger partial charge is 0.480 e. The Morgan fingerprint density at radius 1 is 1.24 bits per heavy atom. The maximum Gasteiger partial charge on any atom is 0.320 e. The van der Waals surface area contributed by atoms with Crippen LogP contribution in [0.4, 0.5) is 5.82 Å². The van der Waals surface area contributed by atoms with Gasteiger partial charge < -0.3 is 31.5 Å². The van der Waals surface area contributed by atoms with Gasteiger partial charge in [-0.2, -0.15) is 5.26 Å². The van der Waals surface area contributed by atoms with Crippen molar-refractivity contribution in [1.82, 2.24) is 24.4 Å². The molecule has 7 N–H and O–H groups in total. The molecule has 3 heterocycles. The van der Waals surface area contributed by atoms with Gasteiger partial charge in [-0.15, -0.1) is 0 Å². The topological polar surface area (TPSA) is 210 Å². The van der Waals surface area contributed by atoms with Crippen molar-refractivity contribution in [1.29, 1.82) is 5.26 Å². The zero-order chi connectivity index (χ0) is 26.5. The second-order valence-corrected chi connectivity index (χ2v) is 8.76. The van der Waals surface area contributed by atoms with E-state index in [-0.39, 0.29) is 18.8 Å². The molecule has 1 aromatic carbocycles. The van der Waals surface area contributed by atoms with Crippen LogP contribution in [0.25, 0.3) is 17.2 Å². The second kappa shape index (κ2) is 11.4. The van der Waals surface area contributed by atoms with Crippen LogP contribution in [0.15, 0.2) is 43.0 Å². The fourth-order valence-electron chi connectivity index (χ4n) is 4.13. The van der Waals surface area contributed by atoms with Crippen LogP contribution >= 0.6 is 0 Å². The van der Waals surface area contributed by atoms with Crippen LogP contribution in [0.3, 0.4) is 0 Å². The number of nitrogens with two attached hydrogens (primary N) is 2. The summed E-state index contributed by atoms with van der Waals surface area (Å²) in [5, 5.41) is 39.6. The molecule has 13 nitrogen and oxygen atoms in total. The lowest BCUT2D eigenvalue weighted by molar-refractivity contribution is -0.138.